The van der Waals surface area contributed by atoms with Gasteiger partial charge >= 0.3 is 6.18 Å². The number of nitrogens with zero attached hydrogens (tertiary/aromatic N) is 6. The van der Waals surface area contributed by atoms with Crippen molar-refractivity contribution in [1.82, 2.24) is 30.0 Å². The molecule has 47 heavy (non-hydrogen) atoms. The van der Waals surface area contributed by atoms with Gasteiger partial charge in [0.1, 0.15) is 5.82 Å². The number of aromatic nitrogens is 5. The van der Waals surface area contributed by atoms with E-state index in [9.17, 15) is 22.8 Å². The zero-order valence-electron chi connectivity index (χ0n) is 24.7. The van der Waals surface area contributed by atoms with E-state index in [4.69, 9.17) is 10.3 Å². The minimum atomic E-state index is -4.57. The molecular formula is C32H28F3N9O3. The number of nitrogens with two attached hydrogens (primary N) is 1. The smallest absolute Gasteiger partial charge is 0.380 e. The summed E-state index contributed by atoms with van der Waals surface area (Å²) in [6.07, 6.45) is 3.47. The van der Waals surface area contributed by atoms with Crippen molar-refractivity contribution in [2.45, 2.75) is 31.5 Å². The third-order valence-corrected chi connectivity index (χ3v) is 7.74. The Morgan fingerprint density at radius 1 is 1.00 bits per heavy atom. The topological polar surface area (TPSA) is 165 Å². The van der Waals surface area contributed by atoms with Gasteiger partial charge in [0.05, 0.1) is 16.8 Å². The van der Waals surface area contributed by atoms with Crippen molar-refractivity contribution < 1.29 is 27.3 Å². The summed E-state index contributed by atoms with van der Waals surface area (Å²) in [6.45, 7) is 0.740. The van der Waals surface area contributed by atoms with Gasteiger partial charge in [-0.1, -0.05) is 11.2 Å². The van der Waals surface area contributed by atoms with Crippen LogP contribution in [0, 0.1) is 0 Å². The van der Waals surface area contributed by atoms with Crippen LogP contribution in [-0.4, -0.2) is 54.9 Å². The first kappa shape index (κ1) is 31.1. The summed E-state index contributed by atoms with van der Waals surface area (Å²) in [4.78, 5) is 43.8. The molecule has 6 rings (SSSR count). The Morgan fingerprint density at radius 2 is 1.77 bits per heavy atom. The molecule has 15 heteroatoms. The molecule has 0 radical (unpaired) electrons. The maximum absolute atomic E-state index is 13.5. The Morgan fingerprint density at radius 3 is 2.51 bits per heavy atom. The number of primary amides is 1. The van der Waals surface area contributed by atoms with Crippen molar-refractivity contribution in [3.05, 3.63) is 108 Å². The van der Waals surface area contributed by atoms with E-state index in [1.807, 2.05) is 0 Å². The zero-order chi connectivity index (χ0) is 33.0. The Bertz CT molecular complexity index is 1890. The Balaban J connectivity index is 1.11. The minimum absolute atomic E-state index is 0.00514. The highest BCUT2D eigenvalue weighted by Crippen LogP contribution is 2.33. The number of hydrogen-bond donors (Lipinski definition) is 3. The van der Waals surface area contributed by atoms with Crippen molar-refractivity contribution in [2.24, 2.45) is 5.73 Å². The molecule has 0 unspecified atom stereocenters. The lowest BCUT2D eigenvalue weighted by molar-refractivity contribution is -0.138. The molecule has 5 aromatic rings. The van der Waals surface area contributed by atoms with Crippen LogP contribution < -0.4 is 16.4 Å². The molecule has 1 aliphatic heterocycles. The molecule has 0 saturated carbocycles. The number of amides is 2. The molecule has 5 heterocycles. The summed E-state index contributed by atoms with van der Waals surface area (Å²) < 4.78 is 45.9. The van der Waals surface area contributed by atoms with E-state index in [0.717, 1.165) is 24.0 Å². The van der Waals surface area contributed by atoms with E-state index < -0.39 is 17.6 Å². The lowest BCUT2D eigenvalue weighted by Crippen LogP contribution is -2.38. The fourth-order valence-corrected chi connectivity index (χ4v) is 5.31. The molecular weight excluding hydrogens is 615 g/mol. The average Bonchev–Trinajstić information content (AvgIpc) is 3.58. The summed E-state index contributed by atoms with van der Waals surface area (Å²) in [5.41, 5.74) is 6.51. The fourth-order valence-electron chi connectivity index (χ4n) is 5.31. The second-order valence-electron chi connectivity index (χ2n) is 10.8. The van der Waals surface area contributed by atoms with Crippen LogP contribution in [0.15, 0.2) is 84.0 Å². The second-order valence-corrected chi connectivity index (χ2v) is 10.8. The number of anilines is 3. The minimum Gasteiger partial charge on any atom is -0.380 e. The van der Waals surface area contributed by atoms with E-state index in [1.54, 1.807) is 53.7 Å². The van der Waals surface area contributed by atoms with Gasteiger partial charge in [-0.2, -0.15) is 18.2 Å². The lowest BCUT2D eigenvalue weighted by Gasteiger charge is -2.30. The number of carbonyl (C=O) groups excluding carboxylic acids is 2. The number of halogens is 3. The van der Waals surface area contributed by atoms with Crippen molar-refractivity contribution in [1.29, 1.82) is 0 Å². The van der Waals surface area contributed by atoms with Gasteiger partial charge in [-0.15, -0.1) is 0 Å². The number of carbonyl (C=O) groups is 2. The number of rotatable bonds is 9. The van der Waals surface area contributed by atoms with Crippen molar-refractivity contribution in [3.63, 3.8) is 0 Å². The number of nitrogens with one attached hydrogen (secondary N) is 2. The molecule has 1 saturated heterocycles. The highest BCUT2D eigenvalue weighted by molar-refractivity contribution is 5.99. The van der Waals surface area contributed by atoms with Crippen LogP contribution in [0.5, 0.6) is 0 Å². The van der Waals surface area contributed by atoms with Crippen LogP contribution >= 0.6 is 0 Å². The van der Waals surface area contributed by atoms with E-state index in [-0.39, 0.29) is 41.0 Å². The van der Waals surface area contributed by atoms with Gasteiger partial charge in [-0.05, 0) is 49.2 Å². The summed E-state index contributed by atoms with van der Waals surface area (Å²) in [5, 5.41) is 10.0. The molecule has 1 fully saturated rings. The predicted molar refractivity (Wildman–Crippen MR) is 164 cm³/mol. The molecule has 240 valence electrons. The second kappa shape index (κ2) is 13.2. The van der Waals surface area contributed by atoms with Gasteiger partial charge in [0.25, 0.3) is 11.8 Å². The standard InChI is InChI=1S/C32H28F3N9O3/c33-32(34,35)25-6-11-38-16-22(25)17-39-26-15-27(40-18-24(26)28(36)45)41-23-3-1-2-21(14-23)31(46)44-12-7-20(8-13-44)30-42-29(43-47-30)19-4-9-37-10-5-19/h1-6,9-11,14-16,18,20H,7-8,12-13,17H2,(H2,36,45)(H2,39,40,41). The maximum Gasteiger partial charge on any atom is 0.416 e. The maximum atomic E-state index is 13.5. The SMILES string of the molecule is NC(=O)c1cnc(Nc2cccc(C(=O)N3CCC(c4nc(-c5ccncc5)no4)CC3)c2)cc1NCc1cnccc1C(F)(F)F. The molecule has 2 amide bonds. The Labute approximate surface area is 266 Å². The molecule has 0 spiro atoms. The van der Waals surface area contributed by atoms with Crippen LogP contribution in [0.2, 0.25) is 0 Å². The third-order valence-electron chi connectivity index (χ3n) is 7.74. The molecule has 12 nitrogen and oxygen atoms in total. The summed E-state index contributed by atoms with van der Waals surface area (Å²) >= 11 is 0. The molecule has 0 bridgehead atoms. The van der Waals surface area contributed by atoms with Crippen molar-refractivity contribution in [3.8, 4) is 11.4 Å². The Hall–Kier alpha value is -5.86. The van der Waals surface area contributed by atoms with Crippen LogP contribution in [-0.2, 0) is 12.7 Å². The summed E-state index contributed by atoms with van der Waals surface area (Å²) in [5.74, 6) is 0.391. The van der Waals surface area contributed by atoms with Crippen LogP contribution in [0.3, 0.4) is 0 Å². The van der Waals surface area contributed by atoms with Gasteiger partial charge in [0.2, 0.25) is 11.7 Å². The van der Waals surface area contributed by atoms with Gasteiger partial charge in [0.15, 0.2) is 0 Å². The van der Waals surface area contributed by atoms with Gasteiger partial charge in [0, 0.05) is 85.0 Å². The quantitative estimate of drug-likeness (QED) is 0.189. The number of pyridine rings is 3. The summed E-state index contributed by atoms with van der Waals surface area (Å²) in [7, 11) is 0. The molecule has 4 aromatic heterocycles. The first-order chi connectivity index (χ1) is 22.7. The largest absolute Gasteiger partial charge is 0.416 e. The van der Waals surface area contributed by atoms with E-state index in [1.165, 1.54) is 12.3 Å². The highest BCUT2D eigenvalue weighted by Gasteiger charge is 2.33. The Kier molecular flexibility index (Phi) is 8.77. The zero-order valence-corrected chi connectivity index (χ0v) is 24.7. The lowest BCUT2D eigenvalue weighted by atomic mass is 9.96. The molecule has 4 N–H and O–H groups in total. The number of benzene rings is 1. The van der Waals surface area contributed by atoms with Crippen LogP contribution in [0.25, 0.3) is 11.4 Å². The normalized spacial score (nSPS) is 13.7. The van der Waals surface area contributed by atoms with E-state index >= 15 is 0 Å². The number of piperidine rings is 1. The first-order valence-electron chi connectivity index (χ1n) is 14.6. The molecule has 0 aliphatic carbocycles. The van der Waals surface area contributed by atoms with Gasteiger partial charge < -0.3 is 25.8 Å². The average molecular weight is 644 g/mol. The number of likely N-dealkylation sites (tertiary alicyclic amines) is 1. The van der Waals surface area contributed by atoms with E-state index in [2.05, 4.69) is 35.7 Å². The first-order valence-corrected chi connectivity index (χ1v) is 14.6. The fraction of sp³-hybridized carbons (Fsp3) is 0.219. The van der Waals surface area contributed by atoms with Crippen molar-refractivity contribution in [2.75, 3.05) is 23.7 Å². The van der Waals surface area contributed by atoms with Crippen molar-refractivity contribution >= 4 is 29.0 Å². The summed E-state index contributed by atoms with van der Waals surface area (Å²) in [6, 6.07) is 12.8. The third kappa shape index (κ3) is 7.19. The van der Waals surface area contributed by atoms with Gasteiger partial charge in [-0.3, -0.25) is 19.6 Å². The number of hydrogen-bond acceptors (Lipinski definition) is 10. The number of alkyl halides is 3. The molecule has 1 aromatic carbocycles. The van der Waals surface area contributed by atoms with E-state index in [0.29, 0.717) is 48.9 Å². The van der Waals surface area contributed by atoms with Crippen LogP contribution in [0.1, 0.15) is 56.5 Å². The highest BCUT2D eigenvalue weighted by atomic mass is 19.4. The van der Waals surface area contributed by atoms with Gasteiger partial charge in [-0.25, -0.2) is 4.98 Å². The monoisotopic (exact) mass is 643 g/mol. The van der Waals surface area contributed by atoms with Crippen LogP contribution in [0.4, 0.5) is 30.4 Å². The predicted octanol–water partition coefficient (Wildman–Crippen LogP) is 5.41. The molecule has 0 atom stereocenters. The molecule has 1 aliphatic rings.